The SMILES string of the molecule is CCN(CCC(N)=NO)C(=O)c1ccccc1. The molecule has 0 heterocycles. The fourth-order valence-corrected chi connectivity index (χ4v) is 1.47. The van der Waals surface area contributed by atoms with E-state index in [0.717, 1.165) is 0 Å². The first-order chi connectivity index (χ1) is 8.19. The summed E-state index contributed by atoms with van der Waals surface area (Å²) in [5.74, 6) is 0.0863. The van der Waals surface area contributed by atoms with Crippen molar-refractivity contribution in [2.75, 3.05) is 13.1 Å². The summed E-state index contributed by atoms with van der Waals surface area (Å²) < 4.78 is 0. The van der Waals surface area contributed by atoms with Crippen LogP contribution in [-0.2, 0) is 0 Å². The Hall–Kier alpha value is -2.04. The lowest BCUT2D eigenvalue weighted by Crippen LogP contribution is -2.33. The summed E-state index contributed by atoms with van der Waals surface area (Å²) in [6.07, 6.45) is 0.364. The maximum absolute atomic E-state index is 12.1. The number of hydrogen-bond donors (Lipinski definition) is 2. The highest BCUT2D eigenvalue weighted by molar-refractivity contribution is 5.94. The van der Waals surface area contributed by atoms with Gasteiger partial charge in [0.25, 0.3) is 5.91 Å². The quantitative estimate of drug-likeness (QED) is 0.349. The second-order valence-electron chi connectivity index (χ2n) is 3.59. The predicted octanol–water partition coefficient (Wildman–Crippen LogP) is 1.29. The van der Waals surface area contributed by atoms with E-state index < -0.39 is 0 Å². The molecule has 1 aromatic carbocycles. The van der Waals surface area contributed by atoms with Crippen LogP contribution in [0.2, 0.25) is 0 Å². The minimum atomic E-state index is -0.0427. The van der Waals surface area contributed by atoms with Gasteiger partial charge < -0.3 is 15.8 Å². The Morgan fingerprint density at radius 1 is 1.41 bits per heavy atom. The van der Waals surface area contributed by atoms with Crippen molar-refractivity contribution in [1.29, 1.82) is 0 Å². The number of oxime groups is 1. The van der Waals surface area contributed by atoms with Crippen molar-refractivity contribution in [1.82, 2.24) is 4.90 Å². The van der Waals surface area contributed by atoms with Crippen LogP contribution in [0.3, 0.4) is 0 Å². The minimum absolute atomic E-state index is 0.0427. The van der Waals surface area contributed by atoms with Crippen LogP contribution < -0.4 is 5.73 Å². The number of amidine groups is 1. The summed E-state index contributed by atoms with van der Waals surface area (Å²) in [7, 11) is 0. The topological polar surface area (TPSA) is 78.9 Å². The van der Waals surface area contributed by atoms with Gasteiger partial charge in [0, 0.05) is 25.1 Å². The molecule has 0 spiro atoms. The summed E-state index contributed by atoms with van der Waals surface area (Å²) in [5, 5.41) is 11.3. The molecular weight excluding hydrogens is 218 g/mol. The first-order valence-corrected chi connectivity index (χ1v) is 5.49. The van der Waals surface area contributed by atoms with Crippen LogP contribution in [0.15, 0.2) is 35.5 Å². The van der Waals surface area contributed by atoms with E-state index >= 15 is 0 Å². The lowest BCUT2D eigenvalue weighted by Gasteiger charge is -2.20. The molecular formula is C12H17N3O2. The molecule has 0 bridgehead atoms. The normalized spacial score (nSPS) is 11.2. The number of carbonyl (C=O) groups is 1. The van der Waals surface area contributed by atoms with E-state index in [9.17, 15) is 4.79 Å². The third kappa shape index (κ3) is 3.79. The molecule has 0 aliphatic carbocycles. The maximum atomic E-state index is 12.1. The van der Waals surface area contributed by atoms with E-state index in [-0.39, 0.29) is 11.7 Å². The van der Waals surface area contributed by atoms with Crippen molar-refractivity contribution >= 4 is 11.7 Å². The zero-order chi connectivity index (χ0) is 12.7. The van der Waals surface area contributed by atoms with E-state index in [0.29, 0.717) is 25.1 Å². The Bertz CT molecular complexity index is 390. The summed E-state index contributed by atoms with van der Waals surface area (Å²) in [6, 6.07) is 9.06. The van der Waals surface area contributed by atoms with Crippen molar-refractivity contribution < 1.29 is 10.0 Å². The van der Waals surface area contributed by atoms with Gasteiger partial charge in [-0.25, -0.2) is 0 Å². The fraction of sp³-hybridized carbons (Fsp3) is 0.333. The average Bonchev–Trinajstić information content (AvgIpc) is 2.39. The fourth-order valence-electron chi connectivity index (χ4n) is 1.47. The van der Waals surface area contributed by atoms with Crippen molar-refractivity contribution in [3.8, 4) is 0 Å². The predicted molar refractivity (Wildman–Crippen MR) is 66.0 cm³/mol. The molecule has 1 aromatic rings. The molecule has 0 saturated carbocycles. The van der Waals surface area contributed by atoms with E-state index in [4.69, 9.17) is 10.9 Å². The lowest BCUT2D eigenvalue weighted by molar-refractivity contribution is 0.0768. The molecule has 0 unspecified atom stereocenters. The molecule has 17 heavy (non-hydrogen) atoms. The molecule has 3 N–H and O–H groups in total. The number of hydrogen-bond acceptors (Lipinski definition) is 3. The zero-order valence-corrected chi connectivity index (χ0v) is 9.84. The van der Waals surface area contributed by atoms with Crippen LogP contribution >= 0.6 is 0 Å². The van der Waals surface area contributed by atoms with Crippen LogP contribution in [0, 0.1) is 0 Å². The van der Waals surface area contributed by atoms with Crippen molar-refractivity contribution in [3.05, 3.63) is 35.9 Å². The second kappa shape index (κ2) is 6.52. The Balaban J connectivity index is 2.65. The molecule has 0 fully saturated rings. The van der Waals surface area contributed by atoms with E-state index in [1.54, 1.807) is 17.0 Å². The third-order valence-corrected chi connectivity index (χ3v) is 2.46. The maximum Gasteiger partial charge on any atom is 0.253 e. The Labute approximate surface area is 101 Å². The van der Waals surface area contributed by atoms with Crippen molar-refractivity contribution in [3.63, 3.8) is 0 Å². The smallest absolute Gasteiger partial charge is 0.253 e. The highest BCUT2D eigenvalue weighted by atomic mass is 16.4. The third-order valence-electron chi connectivity index (χ3n) is 2.46. The molecule has 0 aromatic heterocycles. The van der Waals surface area contributed by atoms with Crippen LogP contribution in [-0.4, -0.2) is 34.9 Å². The van der Waals surface area contributed by atoms with Gasteiger partial charge in [0.2, 0.25) is 0 Å². The second-order valence-corrected chi connectivity index (χ2v) is 3.59. The molecule has 92 valence electrons. The summed E-state index contributed by atoms with van der Waals surface area (Å²) >= 11 is 0. The number of benzene rings is 1. The summed E-state index contributed by atoms with van der Waals surface area (Å²) in [6.45, 7) is 2.93. The number of carbonyl (C=O) groups excluding carboxylic acids is 1. The van der Waals surface area contributed by atoms with Crippen LogP contribution in [0.25, 0.3) is 0 Å². The van der Waals surface area contributed by atoms with Gasteiger partial charge in [-0.15, -0.1) is 0 Å². The van der Waals surface area contributed by atoms with Crippen LogP contribution in [0.1, 0.15) is 23.7 Å². The first-order valence-electron chi connectivity index (χ1n) is 5.49. The van der Waals surface area contributed by atoms with Crippen LogP contribution in [0.5, 0.6) is 0 Å². The molecule has 5 nitrogen and oxygen atoms in total. The van der Waals surface area contributed by atoms with Gasteiger partial charge in [0.15, 0.2) is 0 Å². The van der Waals surface area contributed by atoms with E-state index in [1.165, 1.54) is 0 Å². The van der Waals surface area contributed by atoms with Crippen molar-refractivity contribution in [2.24, 2.45) is 10.9 Å². The number of amides is 1. The largest absolute Gasteiger partial charge is 0.409 e. The van der Waals surface area contributed by atoms with E-state index in [2.05, 4.69) is 5.16 Å². The highest BCUT2D eigenvalue weighted by Gasteiger charge is 2.13. The van der Waals surface area contributed by atoms with Crippen molar-refractivity contribution in [2.45, 2.75) is 13.3 Å². The molecule has 0 saturated heterocycles. The molecule has 0 aliphatic rings. The minimum Gasteiger partial charge on any atom is -0.409 e. The van der Waals surface area contributed by atoms with Gasteiger partial charge in [-0.1, -0.05) is 23.4 Å². The van der Waals surface area contributed by atoms with Gasteiger partial charge in [-0.3, -0.25) is 4.79 Å². The summed E-state index contributed by atoms with van der Waals surface area (Å²) in [4.78, 5) is 13.7. The Morgan fingerprint density at radius 2 is 2.06 bits per heavy atom. The zero-order valence-electron chi connectivity index (χ0n) is 9.84. The molecule has 1 amide bonds. The van der Waals surface area contributed by atoms with Crippen LogP contribution in [0.4, 0.5) is 0 Å². The first kappa shape index (κ1) is 13.0. The van der Waals surface area contributed by atoms with Gasteiger partial charge >= 0.3 is 0 Å². The van der Waals surface area contributed by atoms with Gasteiger partial charge in [-0.2, -0.15) is 0 Å². The Morgan fingerprint density at radius 3 is 2.59 bits per heavy atom. The molecule has 0 radical (unpaired) electrons. The highest BCUT2D eigenvalue weighted by Crippen LogP contribution is 2.05. The molecule has 0 atom stereocenters. The monoisotopic (exact) mass is 235 g/mol. The molecule has 5 heteroatoms. The number of rotatable bonds is 5. The number of nitrogens with two attached hydrogens (primary N) is 1. The number of nitrogens with zero attached hydrogens (tertiary/aromatic N) is 2. The molecule has 1 rings (SSSR count). The average molecular weight is 235 g/mol. The van der Waals surface area contributed by atoms with E-state index in [1.807, 2.05) is 25.1 Å². The summed E-state index contributed by atoms with van der Waals surface area (Å²) in [5.41, 5.74) is 6.02. The standard InChI is InChI=1S/C12H17N3O2/c1-2-15(9-8-11(13)14-17)12(16)10-6-4-3-5-7-10/h3-7,17H,2,8-9H2,1H3,(H2,13,14). The van der Waals surface area contributed by atoms with Gasteiger partial charge in [0.1, 0.15) is 5.84 Å². The van der Waals surface area contributed by atoms with Gasteiger partial charge in [0.05, 0.1) is 0 Å². The molecule has 0 aliphatic heterocycles. The lowest BCUT2D eigenvalue weighted by atomic mass is 10.2. The van der Waals surface area contributed by atoms with Gasteiger partial charge in [-0.05, 0) is 19.1 Å². The Kier molecular flexibility index (Phi) is 5.00.